The first kappa shape index (κ1) is 19.8. The monoisotopic (exact) mass is 356 g/mol. The standard InChI is InChI=1S/C21H28N2O3/c1-6-26-21(24)20-19(16(4)10-7-9-15(2)3)14-23(22-20)17-11-8-12-18(13-17)25-5/h8-9,11-14,16H,6-7,10H2,1-5H3/t16-/m0/s1. The van der Waals surface area contributed by atoms with Crippen LogP contribution in [-0.2, 0) is 4.74 Å². The molecule has 26 heavy (non-hydrogen) atoms. The Bertz CT molecular complexity index is 773. The summed E-state index contributed by atoms with van der Waals surface area (Å²) in [5.41, 5.74) is 3.44. The van der Waals surface area contributed by atoms with Gasteiger partial charge in [0, 0.05) is 17.8 Å². The zero-order valence-corrected chi connectivity index (χ0v) is 16.3. The highest BCUT2D eigenvalue weighted by Gasteiger charge is 2.22. The number of methoxy groups -OCH3 is 1. The highest BCUT2D eigenvalue weighted by molar-refractivity contribution is 5.89. The second-order valence-corrected chi connectivity index (χ2v) is 6.56. The summed E-state index contributed by atoms with van der Waals surface area (Å²) in [6.45, 7) is 8.44. The van der Waals surface area contributed by atoms with Gasteiger partial charge in [0.15, 0.2) is 5.69 Å². The van der Waals surface area contributed by atoms with Crippen LogP contribution in [0.5, 0.6) is 5.75 Å². The topological polar surface area (TPSA) is 53.3 Å². The van der Waals surface area contributed by atoms with E-state index in [4.69, 9.17) is 9.47 Å². The Morgan fingerprint density at radius 3 is 2.77 bits per heavy atom. The molecule has 1 atom stereocenters. The molecule has 0 aliphatic carbocycles. The third-order valence-electron chi connectivity index (χ3n) is 4.21. The molecule has 0 aliphatic heterocycles. The van der Waals surface area contributed by atoms with Crippen LogP contribution in [0.15, 0.2) is 42.1 Å². The van der Waals surface area contributed by atoms with E-state index in [1.165, 1.54) is 5.57 Å². The fourth-order valence-corrected chi connectivity index (χ4v) is 2.77. The van der Waals surface area contributed by atoms with Gasteiger partial charge in [0.2, 0.25) is 0 Å². The molecule has 140 valence electrons. The molecule has 0 spiro atoms. The van der Waals surface area contributed by atoms with Gasteiger partial charge in [-0.2, -0.15) is 5.10 Å². The Morgan fingerprint density at radius 1 is 1.35 bits per heavy atom. The molecule has 1 aromatic carbocycles. The summed E-state index contributed by atoms with van der Waals surface area (Å²) in [6.07, 6.45) is 6.05. The number of nitrogens with zero attached hydrogens (tertiary/aromatic N) is 2. The Morgan fingerprint density at radius 2 is 2.12 bits per heavy atom. The largest absolute Gasteiger partial charge is 0.497 e. The normalized spacial score (nSPS) is 11.7. The summed E-state index contributed by atoms with van der Waals surface area (Å²) in [7, 11) is 1.63. The maximum absolute atomic E-state index is 12.4. The van der Waals surface area contributed by atoms with E-state index >= 15 is 0 Å². The maximum Gasteiger partial charge on any atom is 0.359 e. The van der Waals surface area contributed by atoms with Crippen LogP contribution in [0.4, 0.5) is 0 Å². The van der Waals surface area contributed by atoms with Gasteiger partial charge < -0.3 is 9.47 Å². The van der Waals surface area contributed by atoms with Crippen molar-refractivity contribution in [2.45, 2.75) is 46.5 Å². The van der Waals surface area contributed by atoms with Crippen molar-refractivity contribution in [1.29, 1.82) is 0 Å². The summed E-state index contributed by atoms with van der Waals surface area (Å²) in [5.74, 6) is 0.566. The predicted molar refractivity (Wildman–Crippen MR) is 103 cm³/mol. The highest BCUT2D eigenvalue weighted by Crippen LogP contribution is 2.27. The van der Waals surface area contributed by atoms with Gasteiger partial charge in [0.05, 0.1) is 19.4 Å². The predicted octanol–water partition coefficient (Wildman–Crippen LogP) is 4.91. The summed E-state index contributed by atoms with van der Waals surface area (Å²) < 4.78 is 12.2. The summed E-state index contributed by atoms with van der Waals surface area (Å²) in [4.78, 5) is 12.4. The maximum atomic E-state index is 12.4. The number of carbonyl (C=O) groups excluding carboxylic acids is 1. The van der Waals surface area contributed by atoms with E-state index in [2.05, 4.69) is 31.9 Å². The van der Waals surface area contributed by atoms with Crippen LogP contribution in [0, 0.1) is 0 Å². The van der Waals surface area contributed by atoms with Crippen molar-refractivity contribution in [1.82, 2.24) is 9.78 Å². The summed E-state index contributed by atoms with van der Waals surface area (Å²) >= 11 is 0. The van der Waals surface area contributed by atoms with Gasteiger partial charge in [0.1, 0.15) is 5.75 Å². The Hall–Kier alpha value is -2.56. The zero-order valence-electron chi connectivity index (χ0n) is 16.3. The van der Waals surface area contributed by atoms with E-state index in [0.29, 0.717) is 12.3 Å². The molecule has 0 amide bonds. The molecule has 0 fully saturated rings. The SMILES string of the molecule is CCOC(=O)c1nn(-c2cccc(OC)c2)cc1[C@@H](C)CCC=C(C)C. The van der Waals surface area contributed by atoms with Crippen molar-refractivity contribution in [2.75, 3.05) is 13.7 Å². The van der Waals surface area contributed by atoms with Gasteiger partial charge in [-0.15, -0.1) is 0 Å². The molecule has 1 heterocycles. The number of esters is 1. The van der Waals surface area contributed by atoms with E-state index < -0.39 is 0 Å². The molecule has 5 heteroatoms. The Balaban J connectivity index is 2.36. The minimum Gasteiger partial charge on any atom is -0.497 e. The average molecular weight is 356 g/mol. The minimum absolute atomic E-state index is 0.198. The van der Waals surface area contributed by atoms with E-state index in [1.807, 2.05) is 30.5 Å². The van der Waals surface area contributed by atoms with Crippen molar-refractivity contribution >= 4 is 5.97 Å². The summed E-state index contributed by atoms with van der Waals surface area (Å²) in [6, 6.07) is 7.60. The molecule has 5 nitrogen and oxygen atoms in total. The van der Waals surface area contributed by atoms with Gasteiger partial charge in [-0.1, -0.05) is 24.6 Å². The number of hydrogen-bond acceptors (Lipinski definition) is 4. The fraction of sp³-hybridized carbons (Fsp3) is 0.429. The number of allylic oxidation sites excluding steroid dienone is 2. The smallest absolute Gasteiger partial charge is 0.359 e. The molecular formula is C21H28N2O3. The second-order valence-electron chi connectivity index (χ2n) is 6.56. The first-order chi connectivity index (χ1) is 12.5. The van der Waals surface area contributed by atoms with Crippen molar-refractivity contribution in [2.24, 2.45) is 0 Å². The van der Waals surface area contributed by atoms with E-state index in [1.54, 1.807) is 18.7 Å². The van der Waals surface area contributed by atoms with Crippen molar-refractivity contribution in [3.05, 3.63) is 53.4 Å². The fourth-order valence-electron chi connectivity index (χ4n) is 2.77. The van der Waals surface area contributed by atoms with Gasteiger partial charge in [-0.3, -0.25) is 0 Å². The molecule has 0 aliphatic rings. The van der Waals surface area contributed by atoms with Crippen LogP contribution < -0.4 is 4.74 Å². The van der Waals surface area contributed by atoms with Crippen molar-refractivity contribution in [3.63, 3.8) is 0 Å². The first-order valence-corrected chi connectivity index (χ1v) is 9.00. The molecule has 1 aromatic heterocycles. The number of benzene rings is 1. The number of carbonyl (C=O) groups is 1. The third kappa shape index (κ3) is 4.97. The van der Waals surface area contributed by atoms with E-state index in [0.717, 1.165) is 29.8 Å². The number of aromatic nitrogens is 2. The van der Waals surface area contributed by atoms with Gasteiger partial charge in [-0.25, -0.2) is 9.48 Å². The van der Waals surface area contributed by atoms with Crippen LogP contribution >= 0.6 is 0 Å². The molecule has 0 unspecified atom stereocenters. The van der Waals surface area contributed by atoms with E-state index in [-0.39, 0.29) is 11.9 Å². The minimum atomic E-state index is -0.377. The Kier molecular flexibility index (Phi) is 7.01. The molecule has 0 saturated carbocycles. The van der Waals surface area contributed by atoms with Crippen molar-refractivity contribution < 1.29 is 14.3 Å². The zero-order chi connectivity index (χ0) is 19.1. The lowest BCUT2D eigenvalue weighted by Crippen LogP contribution is -2.10. The second kappa shape index (κ2) is 9.22. The number of hydrogen-bond donors (Lipinski definition) is 0. The highest BCUT2D eigenvalue weighted by atomic mass is 16.5. The molecule has 2 rings (SSSR count). The van der Waals surface area contributed by atoms with Crippen molar-refractivity contribution in [3.8, 4) is 11.4 Å². The van der Waals surface area contributed by atoms with Crippen LogP contribution in [0.1, 0.15) is 62.5 Å². The van der Waals surface area contributed by atoms with Gasteiger partial charge in [-0.05, 0) is 51.7 Å². The quantitative estimate of drug-likeness (QED) is 0.498. The Labute approximate surface area is 155 Å². The molecule has 2 aromatic rings. The number of ether oxygens (including phenoxy) is 2. The van der Waals surface area contributed by atoms with E-state index in [9.17, 15) is 4.79 Å². The molecule has 0 saturated heterocycles. The average Bonchev–Trinajstić information content (AvgIpc) is 3.07. The van der Waals surface area contributed by atoms with Crippen LogP contribution in [0.3, 0.4) is 0 Å². The molecule has 0 bridgehead atoms. The van der Waals surface area contributed by atoms with Gasteiger partial charge in [0.25, 0.3) is 0 Å². The lowest BCUT2D eigenvalue weighted by Gasteiger charge is -2.10. The van der Waals surface area contributed by atoms with Crippen LogP contribution in [0.25, 0.3) is 5.69 Å². The van der Waals surface area contributed by atoms with Crippen LogP contribution in [-0.4, -0.2) is 29.5 Å². The number of rotatable bonds is 8. The summed E-state index contributed by atoms with van der Waals surface area (Å²) in [5, 5.41) is 4.51. The van der Waals surface area contributed by atoms with Crippen LogP contribution in [0.2, 0.25) is 0 Å². The molecule has 0 N–H and O–H groups in total. The molecule has 0 radical (unpaired) electrons. The lowest BCUT2D eigenvalue weighted by molar-refractivity contribution is 0.0517. The first-order valence-electron chi connectivity index (χ1n) is 9.00. The lowest BCUT2D eigenvalue weighted by atomic mass is 9.96. The third-order valence-corrected chi connectivity index (χ3v) is 4.21. The van der Waals surface area contributed by atoms with Gasteiger partial charge >= 0.3 is 5.97 Å². The molecular weight excluding hydrogens is 328 g/mol.